The van der Waals surface area contributed by atoms with Crippen molar-refractivity contribution in [1.29, 1.82) is 0 Å². The highest BCUT2D eigenvalue weighted by Crippen LogP contribution is 2.28. The van der Waals surface area contributed by atoms with Crippen LogP contribution in [-0.2, 0) is 27.7 Å². The van der Waals surface area contributed by atoms with Gasteiger partial charge in [0.25, 0.3) is 0 Å². The number of aromatic nitrogens is 3. The molecule has 166 valence electrons. The standard InChI is InChI=1S/C22H34N4O3S/c1-18(21-12-8-9-13-23-21)25(2)17-19-16-24-22(26(19)14-15-29-3)30(27,28)20-10-6-4-5-7-11-20/h8-9,12-13,16,18,20H,4-7,10-11,14-15,17H2,1-3H3/t18-/m0/s1. The summed E-state index contributed by atoms with van der Waals surface area (Å²) in [6, 6.07) is 5.98. The Balaban J connectivity index is 1.85. The molecule has 0 unspecified atom stereocenters. The lowest BCUT2D eigenvalue weighted by Crippen LogP contribution is -2.27. The lowest BCUT2D eigenvalue weighted by atomic mass is 10.2. The fraction of sp³-hybridized carbons (Fsp3) is 0.636. The van der Waals surface area contributed by atoms with E-state index in [-0.39, 0.29) is 16.4 Å². The number of pyridine rings is 1. The number of hydrogen-bond donors (Lipinski definition) is 0. The van der Waals surface area contributed by atoms with Gasteiger partial charge in [0.05, 0.1) is 29.4 Å². The van der Waals surface area contributed by atoms with E-state index in [9.17, 15) is 8.42 Å². The van der Waals surface area contributed by atoms with Crippen molar-refractivity contribution in [2.75, 3.05) is 20.8 Å². The Kier molecular flexibility index (Phi) is 8.02. The van der Waals surface area contributed by atoms with Gasteiger partial charge in [-0.3, -0.25) is 9.88 Å². The molecule has 1 aliphatic rings. The van der Waals surface area contributed by atoms with Crippen molar-refractivity contribution < 1.29 is 13.2 Å². The van der Waals surface area contributed by atoms with Gasteiger partial charge in [-0.1, -0.05) is 31.7 Å². The normalized spacial score (nSPS) is 17.2. The molecule has 7 nitrogen and oxygen atoms in total. The van der Waals surface area contributed by atoms with Crippen LogP contribution in [0, 0.1) is 0 Å². The second-order valence-corrected chi connectivity index (χ2v) is 10.3. The quantitative estimate of drug-likeness (QED) is 0.561. The molecule has 1 saturated carbocycles. The average Bonchev–Trinajstić information content (AvgIpc) is 2.96. The third-order valence-electron chi connectivity index (χ3n) is 6.10. The zero-order valence-corrected chi connectivity index (χ0v) is 19.1. The highest BCUT2D eigenvalue weighted by atomic mass is 32.2. The molecule has 0 saturated heterocycles. The number of rotatable bonds is 9. The molecule has 0 amide bonds. The second-order valence-electron chi connectivity index (χ2n) is 8.18. The van der Waals surface area contributed by atoms with E-state index < -0.39 is 9.84 Å². The molecule has 0 N–H and O–H groups in total. The van der Waals surface area contributed by atoms with Crippen molar-refractivity contribution in [3.8, 4) is 0 Å². The minimum Gasteiger partial charge on any atom is -0.383 e. The Morgan fingerprint density at radius 2 is 1.93 bits per heavy atom. The summed E-state index contributed by atoms with van der Waals surface area (Å²) >= 11 is 0. The van der Waals surface area contributed by atoms with E-state index in [1.165, 1.54) is 0 Å². The van der Waals surface area contributed by atoms with Crippen molar-refractivity contribution in [1.82, 2.24) is 19.4 Å². The first-order valence-electron chi connectivity index (χ1n) is 10.8. The fourth-order valence-corrected chi connectivity index (χ4v) is 6.08. The Morgan fingerprint density at radius 3 is 2.57 bits per heavy atom. The predicted molar refractivity (Wildman–Crippen MR) is 117 cm³/mol. The Bertz CT molecular complexity index is 890. The van der Waals surface area contributed by atoms with Crippen molar-refractivity contribution in [3.05, 3.63) is 42.0 Å². The van der Waals surface area contributed by atoms with Gasteiger partial charge in [0, 0.05) is 32.4 Å². The second kappa shape index (κ2) is 10.5. The highest BCUT2D eigenvalue weighted by Gasteiger charge is 2.33. The van der Waals surface area contributed by atoms with E-state index in [4.69, 9.17) is 4.74 Å². The zero-order chi connectivity index (χ0) is 21.6. The minimum absolute atomic E-state index is 0.0962. The average molecular weight is 435 g/mol. The fourth-order valence-electron chi connectivity index (χ4n) is 4.11. The summed E-state index contributed by atoms with van der Waals surface area (Å²) in [7, 11) is 0.182. The first-order valence-corrected chi connectivity index (χ1v) is 12.4. The molecule has 0 spiro atoms. The number of imidazole rings is 1. The molecule has 0 aromatic carbocycles. The van der Waals surface area contributed by atoms with Gasteiger partial charge in [-0.05, 0) is 38.9 Å². The monoisotopic (exact) mass is 434 g/mol. The van der Waals surface area contributed by atoms with Gasteiger partial charge in [0.15, 0.2) is 0 Å². The van der Waals surface area contributed by atoms with Gasteiger partial charge in [-0.2, -0.15) is 0 Å². The van der Waals surface area contributed by atoms with E-state index in [0.29, 0.717) is 19.7 Å². The Morgan fingerprint density at radius 1 is 1.20 bits per heavy atom. The maximum Gasteiger partial charge on any atom is 0.228 e. The first-order chi connectivity index (χ1) is 14.4. The Labute approximate surface area is 180 Å². The number of methoxy groups -OCH3 is 1. The molecule has 0 radical (unpaired) electrons. The van der Waals surface area contributed by atoms with Crippen LogP contribution < -0.4 is 0 Å². The molecule has 1 atom stereocenters. The van der Waals surface area contributed by atoms with Crippen LogP contribution in [0.5, 0.6) is 0 Å². The van der Waals surface area contributed by atoms with Crippen molar-refractivity contribution in [2.24, 2.45) is 0 Å². The van der Waals surface area contributed by atoms with E-state index in [2.05, 4.69) is 21.8 Å². The van der Waals surface area contributed by atoms with Crippen LogP contribution in [0.4, 0.5) is 0 Å². The molecule has 2 aromatic rings. The highest BCUT2D eigenvalue weighted by molar-refractivity contribution is 7.91. The third kappa shape index (κ3) is 5.28. The molecule has 30 heavy (non-hydrogen) atoms. The number of hydrogen-bond acceptors (Lipinski definition) is 6. The maximum absolute atomic E-state index is 13.4. The molecular weight excluding hydrogens is 400 g/mol. The lowest BCUT2D eigenvalue weighted by molar-refractivity contribution is 0.180. The molecule has 0 aliphatic heterocycles. The van der Waals surface area contributed by atoms with Crippen molar-refractivity contribution in [2.45, 2.75) is 75.0 Å². The first kappa shape index (κ1) is 22.9. The van der Waals surface area contributed by atoms with Gasteiger partial charge in [-0.15, -0.1) is 0 Å². The SMILES string of the molecule is COCCn1c(CN(C)[C@@H](C)c2ccccn2)cnc1S(=O)(=O)C1CCCCCC1. The van der Waals surface area contributed by atoms with Crippen molar-refractivity contribution in [3.63, 3.8) is 0 Å². The maximum atomic E-state index is 13.4. The largest absolute Gasteiger partial charge is 0.383 e. The molecule has 1 aliphatic carbocycles. The predicted octanol–water partition coefficient (Wildman–Crippen LogP) is 3.61. The molecule has 3 rings (SSSR count). The van der Waals surface area contributed by atoms with Crippen LogP contribution in [0.1, 0.15) is 62.9 Å². The van der Waals surface area contributed by atoms with Crippen LogP contribution >= 0.6 is 0 Å². The summed E-state index contributed by atoms with van der Waals surface area (Å²) < 4.78 is 34.0. The summed E-state index contributed by atoms with van der Waals surface area (Å²) in [5.41, 5.74) is 1.86. The number of ether oxygens (including phenoxy) is 1. The van der Waals surface area contributed by atoms with Gasteiger partial charge >= 0.3 is 0 Å². The topological polar surface area (TPSA) is 77.3 Å². The summed E-state index contributed by atoms with van der Waals surface area (Å²) in [6.45, 7) is 3.59. The van der Waals surface area contributed by atoms with E-state index in [1.54, 1.807) is 19.5 Å². The van der Waals surface area contributed by atoms with Gasteiger partial charge in [-0.25, -0.2) is 13.4 Å². The van der Waals surface area contributed by atoms with Gasteiger partial charge in [0.1, 0.15) is 0 Å². The summed E-state index contributed by atoms with van der Waals surface area (Å²) in [4.78, 5) is 11.0. The Hall–Kier alpha value is -1.77. The van der Waals surface area contributed by atoms with Crippen LogP contribution in [0.15, 0.2) is 35.7 Å². The molecule has 8 heteroatoms. The summed E-state index contributed by atoms with van der Waals surface area (Å²) in [5, 5.41) is -0.137. The third-order valence-corrected chi connectivity index (χ3v) is 8.29. The van der Waals surface area contributed by atoms with Gasteiger partial charge in [0.2, 0.25) is 15.0 Å². The summed E-state index contributed by atoms with van der Waals surface area (Å²) in [5.74, 6) is 0. The lowest BCUT2D eigenvalue weighted by Gasteiger charge is -2.25. The van der Waals surface area contributed by atoms with Crippen LogP contribution in [-0.4, -0.2) is 53.9 Å². The molecular formula is C22H34N4O3S. The van der Waals surface area contributed by atoms with E-state index in [0.717, 1.165) is 49.9 Å². The van der Waals surface area contributed by atoms with Crippen molar-refractivity contribution >= 4 is 9.84 Å². The molecule has 2 aromatic heterocycles. The zero-order valence-electron chi connectivity index (χ0n) is 18.3. The molecule has 2 heterocycles. The number of nitrogens with zero attached hydrogens (tertiary/aromatic N) is 4. The van der Waals surface area contributed by atoms with Crippen LogP contribution in [0.2, 0.25) is 0 Å². The minimum atomic E-state index is -3.47. The van der Waals surface area contributed by atoms with Gasteiger partial charge < -0.3 is 9.30 Å². The number of sulfone groups is 1. The smallest absolute Gasteiger partial charge is 0.228 e. The van der Waals surface area contributed by atoms with Crippen LogP contribution in [0.3, 0.4) is 0 Å². The van der Waals surface area contributed by atoms with E-state index >= 15 is 0 Å². The van der Waals surface area contributed by atoms with E-state index in [1.807, 2.05) is 29.8 Å². The molecule has 0 bridgehead atoms. The van der Waals surface area contributed by atoms with Crippen LogP contribution in [0.25, 0.3) is 0 Å². The molecule has 1 fully saturated rings. The summed E-state index contributed by atoms with van der Waals surface area (Å²) in [6.07, 6.45) is 9.13.